The van der Waals surface area contributed by atoms with Crippen molar-refractivity contribution in [2.75, 3.05) is 36.9 Å². The fraction of sp³-hybridized carbons (Fsp3) is 0.520. The van der Waals surface area contributed by atoms with Gasteiger partial charge in [-0.05, 0) is 39.3 Å². The van der Waals surface area contributed by atoms with Gasteiger partial charge in [-0.1, -0.05) is 18.2 Å². The molecule has 0 aliphatic carbocycles. The number of aliphatic hydroxyl groups excluding tert-OH is 1. The van der Waals surface area contributed by atoms with Crippen LogP contribution in [0.25, 0.3) is 11.2 Å². The van der Waals surface area contributed by atoms with Gasteiger partial charge in [-0.2, -0.15) is 15.1 Å². The Morgan fingerprint density at radius 3 is 2.71 bits per heavy atom. The average molecular weight is 591 g/mol. The Hall–Kier alpha value is -3.33. The lowest BCUT2D eigenvalue weighted by atomic mass is 9.93. The van der Waals surface area contributed by atoms with Gasteiger partial charge in [-0.3, -0.25) is 13.9 Å². The number of benzene rings is 1. The largest absolute Gasteiger partial charge is 0.465 e. The number of hydrogen-bond acceptors (Lipinski definition) is 13. The van der Waals surface area contributed by atoms with Gasteiger partial charge in [0.2, 0.25) is 5.95 Å². The quantitative estimate of drug-likeness (QED) is 0.184. The van der Waals surface area contributed by atoms with Crippen LogP contribution in [0.3, 0.4) is 0 Å². The van der Waals surface area contributed by atoms with Crippen LogP contribution in [0, 0.1) is 0 Å². The Bertz CT molecular complexity index is 1430. The number of imidazole rings is 1. The van der Waals surface area contributed by atoms with Crippen LogP contribution in [0.1, 0.15) is 33.4 Å². The van der Waals surface area contributed by atoms with Gasteiger partial charge in [-0.25, -0.2) is 9.55 Å². The number of ether oxygens (including phenoxy) is 2. The molecule has 2 fully saturated rings. The molecule has 0 saturated carbocycles. The first kappa shape index (κ1) is 29.2. The van der Waals surface area contributed by atoms with E-state index in [1.165, 1.54) is 13.3 Å². The number of carbonyl (C=O) groups excluding carboxylic acids is 1. The number of aliphatic hydroxyl groups is 1. The molecule has 0 radical (unpaired) electrons. The topological polar surface area (TPSA) is 202 Å². The van der Waals surface area contributed by atoms with E-state index in [0.717, 1.165) is 19.5 Å². The van der Waals surface area contributed by atoms with Crippen molar-refractivity contribution < 1.29 is 33.0 Å². The Morgan fingerprint density at radius 2 is 2.05 bits per heavy atom. The van der Waals surface area contributed by atoms with Crippen LogP contribution < -0.4 is 26.0 Å². The van der Waals surface area contributed by atoms with Crippen molar-refractivity contribution in [2.45, 2.75) is 57.2 Å². The number of nitrogens with one attached hydrogen (secondary N) is 1. The second-order valence-electron chi connectivity index (χ2n) is 10.2. The highest BCUT2D eigenvalue weighted by atomic mass is 31.2. The summed E-state index contributed by atoms with van der Waals surface area (Å²) in [5.74, 6) is 0.300. The molecular formula is C25H35N8O7P. The SMILES string of the molecule is CCOC(=O)[C@H](C)NP(=O)(OC[C@H]1O[C@@H](n2cnc3c(N4CCC4)nc(N)nc32)[C@](C)(N)C1O)Oc1ccccc1. The van der Waals surface area contributed by atoms with Crippen LogP contribution in [-0.4, -0.2) is 80.7 Å². The van der Waals surface area contributed by atoms with Crippen molar-refractivity contribution >= 4 is 36.6 Å². The zero-order chi connectivity index (χ0) is 29.4. The summed E-state index contributed by atoms with van der Waals surface area (Å²) < 4.78 is 38.0. The number of fused-ring (bicyclic) bond motifs is 1. The lowest BCUT2D eigenvalue weighted by Gasteiger charge is -2.32. The fourth-order valence-electron chi connectivity index (χ4n) is 4.71. The van der Waals surface area contributed by atoms with Crippen LogP contribution in [0.5, 0.6) is 5.75 Å². The molecule has 16 heteroatoms. The normalized spacial score (nSPS) is 26.4. The molecule has 6 atom stereocenters. The standard InChI is InChI=1S/C25H35N8O7P/c1-4-37-22(35)15(2)31-41(36,40-16-9-6-5-7-10-16)38-13-17-19(34)25(3,27)23(39-17)33-14-28-18-20(32-11-8-12-32)29-24(26)30-21(18)33/h5-7,9-10,14-15,17,19,23,34H,4,8,11-13,27H2,1-3H3,(H,31,36)(H2,26,29,30)/t15-,17+,19?,23+,25+,41?/m0/s1. The summed E-state index contributed by atoms with van der Waals surface area (Å²) in [6.07, 6.45) is -0.673. The van der Waals surface area contributed by atoms with Crippen LogP contribution >= 0.6 is 7.75 Å². The molecule has 1 aromatic carbocycles. The van der Waals surface area contributed by atoms with Gasteiger partial charge in [0.25, 0.3) is 0 Å². The Morgan fingerprint density at radius 1 is 1.32 bits per heavy atom. The first-order chi connectivity index (χ1) is 19.5. The average Bonchev–Trinajstić information content (AvgIpc) is 3.40. The fourth-order valence-corrected chi connectivity index (χ4v) is 6.21. The number of para-hydroxylation sites is 1. The number of aromatic nitrogens is 4. The van der Waals surface area contributed by atoms with Crippen LogP contribution in [0.4, 0.5) is 11.8 Å². The summed E-state index contributed by atoms with van der Waals surface area (Å²) >= 11 is 0. The van der Waals surface area contributed by atoms with E-state index in [1.54, 1.807) is 48.7 Å². The maximum atomic E-state index is 13.8. The molecule has 2 unspecified atom stereocenters. The highest BCUT2D eigenvalue weighted by molar-refractivity contribution is 7.52. The summed E-state index contributed by atoms with van der Waals surface area (Å²) in [5.41, 5.74) is 12.2. The maximum absolute atomic E-state index is 13.8. The molecule has 222 valence electrons. The predicted molar refractivity (Wildman–Crippen MR) is 149 cm³/mol. The second-order valence-corrected chi connectivity index (χ2v) is 11.9. The lowest BCUT2D eigenvalue weighted by Crippen LogP contribution is -2.52. The minimum atomic E-state index is -4.18. The number of anilines is 2. The summed E-state index contributed by atoms with van der Waals surface area (Å²) in [5, 5.41) is 13.8. The highest BCUT2D eigenvalue weighted by Crippen LogP contribution is 2.47. The van der Waals surface area contributed by atoms with E-state index in [0.29, 0.717) is 17.0 Å². The third-order valence-electron chi connectivity index (χ3n) is 7.02. The van der Waals surface area contributed by atoms with Crippen LogP contribution in [0.2, 0.25) is 0 Å². The first-order valence-electron chi connectivity index (χ1n) is 13.3. The van der Waals surface area contributed by atoms with Crippen molar-refractivity contribution in [3.05, 3.63) is 36.7 Å². The Kier molecular flexibility index (Phi) is 8.19. The number of esters is 1. The minimum absolute atomic E-state index is 0.0686. The number of rotatable bonds is 11. The molecule has 2 saturated heterocycles. The van der Waals surface area contributed by atoms with E-state index < -0.39 is 43.7 Å². The third-order valence-corrected chi connectivity index (χ3v) is 8.67. The maximum Gasteiger partial charge on any atom is 0.459 e. The van der Waals surface area contributed by atoms with Crippen molar-refractivity contribution in [1.29, 1.82) is 0 Å². The molecule has 2 aromatic heterocycles. The van der Waals surface area contributed by atoms with E-state index in [9.17, 15) is 14.5 Å². The molecular weight excluding hydrogens is 555 g/mol. The minimum Gasteiger partial charge on any atom is -0.465 e. The van der Waals surface area contributed by atoms with E-state index >= 15 is 0 Å². The highest BCUT2D eigenvalue weighted by Gasteiger charge is 2.53. The molecule has 6 N–H and O–H groups in total. The number of nitrogens with two attached hydrogens (primary N) is 2. The first-order valence-corrected chi connectivity index (χ1v) is 14.9. The van der Waals surface area contributed by atoms with Gasteiger partial charge in [0, 0.05) is 13.1 Å². The Balaban J connectivity index is 1.37. The molecule has 2 aliphatic rings. The monoisotopic (exact) mass is 590 g/mol. The van der Waals surface area contributed by atoms with Gasteiger partial charge in [0.1, 0.15) is 24.0 Å². The molecule has 5 rings (SSSR count). The molecule has 15 nitrogen and oxygen atoms in total. The molecule has 0 spiro atoms. The second kappa shape index (κ2) is 11.5. The van der Waals surface area contributed by atoms with Crippen molar-refractivity contribution in [3.8, 4) is 5.75 Å². The predicted octanol–water partition coefficient (Wildman–Crippen LogP) is 1.34. The molecule has 2 aliphatic heterocycles. The van der Waals surface area contributed by atoms with Gasteiger partial charge in [0.05, 0.1) is 25.1 Å². The number of nitrogens with zero attached hydrogens (tertiary/aromatic N) is 5. The molecule has 4 heterocycles. The summed E-state index contributed by atoms with van der Waals surface area (Å²) in [4.78, 5) is 27.5. The van der Waals surface area contributed by atoms with Crippen molar-refractivity contribution in [3.63, 3.8) is 0 Å². The zero-order valence-corrected chi connectivity index (χ0v) is 23.9. The van der Waals surface area contributed by atoms with Crippen LogP contribution in [0.15, 0.2) is 36.7 Å². The Labute approximate surface area is 236 Å². The molecule has 3 aromatic rings. The van der Waals surface area contributed by atoms with Crippen LogP contribution in [-0.2, 0) is 23.4 Å². The number of carbonyl (C=O) groups is 1. The van der Waals surface area contributed by atoms with E-state index in [2.05, 4.69) is 24.9 Å². The number of nitrogen functional groups attached to an aromatic ring is 1. The van der Waals surface area contributed by atoms with Gasteiger partial charge < -0.3 is 35.5 Å². The van der Waals surface area contributed by atoms with Gasteiger partial charge in [-0.15, -0.1) is 0 Å². The molecule has 0 amide bonds. The van der Waals surface area contributed by atoms with E-state index in [1.807, 2.05) is 0 Å². The lowest BCUT2D eigenvalue weighted by molar-refractivity contribution is -0.144. The summed E-state index contributed by atoms with van der Waals surface area (Å²) in [6.45, 7) is 6.18. The molecule has 41 heavy (non-hydrogen) atoms. The summed E-state index contributed by atoms with van der Waals surface area (Å²) in [7, 11) is -4.18. The smallest absolute Gasteiger partial charge is 0.459 e. The third kappa shape index (κ3) is 5.87. The number of hydrogen-bond donors (Lipinski definition) is 4. The van der Waals surface area contributed by atoms with E-state index in [4.69, 9.17) is 30.0 Å². The van der Waals surface area contributed by atoms with Crippen molar-refractivity contribution in [2.24, 2.45) is 5.73 Å². The van der Waals surface area contributed by atoms with Gasteiger partial charge >= 0.3 is 13.7 Å². The van der Waals surface area contributed by atoms with Crippen molar-refractivity contribution in [1.82, 2.24) is 24.6 Å². The molecule has 0 bridgehead atoms. The zero-order valence-electron chi connectivity index (χ0n) is 23.0. The van der Waals surface area contributed by atoms with Gasteiger partial charge in [0.15, 0.2) is 23.2 Å². The van der Waals surface area contributed by atoms with E-state index in [-0.39, 0.29) is 24.9 Å². The summed E-state index contributed by atoms with van der Waals surface area (Å²) in [6, 6.07) is 7.32.